The zero-order valence-electron chi connectivity index (χ0n) is 12.1. The van der Waals surface area contributed by atoms with Crippen LogP contribution < -0.4 is 5.32 Å². The van der Waals surface area contributed by atoms with Gasteiger partial charge in [0, 0.05) is 12.2 Å². The van der Waals surface area contributed by atoms with Crippen LogP contribution in [0.1, 0.15) is 66.2 Å². The van der Waals surface area contributed by atoms with Crippen molar-refractivity contribution in [3.8, 4) is 0 Å². The van der Waals surface area contributed by atoms with Gasteiger partial charge in [0.1, 0.15) is 0 Å². The van der Waals surface area contributed by atoms with Gasteiger partial charge in [-0.05, 0) is 42.1 Å². The van der Waals surface area contributed by atoms with Crippen molar-refractivity contribution in [3.05, 3.63) is 11.3 Å². The third kappa shape index (κ3) is 2.69. The fraction of sp³-hybridized carbons (Fsp3) is 0.875. The molecule has 0 atom stereocenters. The molecule has 1 saturated carbocycles. The van der Waals surface area contributed by atoms with E-state index >= 15 is 0 Å². The lowest BCUT2D eigenvalue weighted by Crippen LogP contribution is -2.42. The van der Waals surface area contributed by atoms with Crippen molar-refractivity contribution in [2.45, 2.75) is 66.2 Å². The first kappa shape index (κ1) is 13.0. The van der Waals surface area contributed by atoms with Gasteiger partial charge in [0.15, 0.2) is 0 Å². The Bertz CT molecular complexity index is 293. The van der Waals surface area contributed by atoms with Gasteiger partial charge in [0.05, 0.1) is 0 Å². The van der Waals surface area contributed by atoms with E-state index in [1.165, 1.54) is 45.1 Å². The summed E-state index contributed by atoms with van der Waals surface area (Å²) in [5.74, 6) is 1.37. The average Bonchev–Trinajstić information content (AvgIpc) is 2.29. The Morgan fingerprint density at radius 1 is 0.941 bits per heavy atom. The molecular weight excluding hydrogens is 206 g/mol. The minimum atomic E-state index is 0.607. The van der Waals surface area contributed by atoms with Gasteiger partial charge in [0.2, 0.25) is 0 Å². The lowest BCUT2D eigenvalue weighted by Gasteiger charge is -2.44. The Kier molecular flexibility index (Phi) is 3.85. The summed E-state index contributed by atoms with van der Waals surface area (Å²) in [6.45, 7) is 10.6. The average molecular weight is 235 g/mol. The first-order valence-electron chi connectivity index (χ1n) is 7.51. The van der Waals surface area contributed by atoms with E-state index in [-0.39, 0.29) is 0 Å². The van der Waals surface area contributed by atoms with Crippen LogP contribution in [-0.2, 0) is 0 Å². The molecule has 2 rings (SSSR count). The normalized spacial score (nSPS) is 24.6. The van der Waals surface area contributed by atoms with Crippen LogP contribution in [0.2, 0.25) is 0 Å². The van der Waals surface area contributed by atoms with E-state index in [4.69, 9.17) is 0 Å². The SMILES string of the molecule is CC(C)C1=C(C(C)C)NCC2(CCCCC2)C1. The van der Waals surface area contributed by atoms with Gasteiger partial charge in [-0.25, -0.2) is 0 Å². The Labute approximate surface area is 107 Å². The van der Waals surface area contributed by atoms with Crippen molar-refractivity contribution in [2.75, 3.05) is 6.54 Å². The first-order valence-corrected chi connectivity index (χ1v) is 7.51. The summed E-state index contributed by atoms with van der Waals surface area (Å²) in [4.78, 5) is 0. The van der Waals surface area contributed by atoms with Gasteiger partial charge in [-0.15, -0.1) is 0 Å². The molecule has 1 heteroatoms. The predicted molar refractivity (Wildman–Crippen MR) is 74.8 cm³/mol. The highest BCUT2D eigenvalue weighted by Crippen LogP contribution is 2.45. The molecule has 1 fully saturated rings. The maximum Gasteiger partial charge on any atom is 0.0203 e. The van der Waals surface area contributed by atoms with E-state index in [0.29, 0.717) is 17.3 Å². The van der Waals surface area contributed by atoms with Crippen molar-refractivity contribution in [2.24, 2.45) is 17.3 Å². The second kappa shape index (κ2) is 5.04. The number of nitrogens with one attached hydrogen (secondary N) is 1. The van der Waals surface area contributed by atoms with E-state index in [1.54, 1.807) is 11.3 Å². The maximum absolute atomic E-state index is 3.79. The molecule has 0 saturated heterocycles. The van der Waals surface area contributed by atoms with Crippen LogP contribution in [0.4, 0.5) is 0 Å². The molecular formula is C16H29N. The second-order valence-corrected chi connectivity index (χ2v) is 6.84. The van der Waals surface area contributed by atoms with E-state index in [2.05, 4.69) is 33.0 Å². The minimum absolute atomic E-state index is 0.607. The molecule has 1 spiro atoms. The van der Waals surface area contributed by atoms with Gasteiger partial charge in [0.25, 0.3) is 0 Å². The third-order valence-corrected chi connectivity index (χ3v) is 4.75. The molecule has 17 heavy (non-hydrogen) atoms. The summed E-state index contributed by atoms with van der Waals surface area (Å²) < 4.78 is 0. The first-order chi connectivity index (χ1) is 8.04. The second-order valence-electron chi connectivity index (χ2n) is 6.84. The summed E-state index contributed by atoms with van der Waals surface area (Å²) in [6.07, 6.45) is 8.61. The predicted octanol–water partition coefficient (Wildman–Crippen LogP) is 4.50. The fourth-order valence-electron chi connectivity index (χ4n) is 3.70. The Balaban J connectivity index is 2.20. The fourth-order valence-corrected chi connectivity index (χ4v) is 3.70. The molecule has 0 bridgehead atoms. The van der Waals surface area contributed by atoms with Crippen molar-refractivity contribution in [1.29, 1.82) is 0 Å². The Morgan fingerprint density at radius 2 is 1.59 bits per heavy atom. The summed E-state index contributed by atoms with van der Waals surface area (Å²) in [7, 11) is 0. The highest BCUT2D eigenvalue weighted by molar-refractivity contribution is 5.22. The van der Waals surface area contributed by atoms with E-state index < -0.39 is 0 Å². The van der Waals surface area contributed by atoms with Crippen LogP contribution in [0.25, 0.3) is 0 Å². The minimum Gasteiger partial charge on any atom is -0.388 e. The molecule has 0 aromatic heterocycles. The zero-order chi connectivity index (χ0) is 12.5. The van der Waals surface area contributed by atoms with Crippen LogP contribution >= 0.6 is 0 Å². The summed E-state index contributed by atoms with van der Waals surface area (Å²) >= 11 is 0. The summed E-state index contributed by atoms with van der Waals surface area (Å²) in [6, 6.07) is 0. The molecule has 0 aromatic rings. The van der Waals surface area contributed by atoms with Gasteiger partial charge >= 0.3 is 0 Å². The lowest BCUT2D eigenvalue weighted by atomic mass is 9.66. The van der Waals surface area contributed by atoms with Crippen LogP contribution in [0.5, 0.6) is 0 Å². The van der Waals surface area contributed by atoms with Crippen LogP contribution in [0.15, 0.2) is 11.3 Å². The van der Waals surface area contributed by atoms with Crippen molar-refractivity contribution < 1.29 is 0 Å². The van der Waals surface area contributed by atoms with Gasteiger partial charge in [-0.2, -0.15) is 0 Å². The number of rotatable bonds is 2. The molecule has 1 N–H and O–H groups in total. The van der Waals surface area contributed by atoms with Gasteiger partial charge in [-0.1, -0.05) is 47.0 Å². The molecule has 0 radical (unpaired) electrons. The smallest absolute Gasteiger partial charge is 0.0203 e. The summed E-state index contributed by atoms with van der Waals surface area (Å²) in [5, 5.41) is 3.79. The molecule has 0 unspecified atom stereocenters. The Hall–Kier alpha value is -0.460. The van der Waals surface area contributed by atoms with Gasteiger partial charge < -0.3 is 5.32 Å². The van der Waals surface area contributed by atoms with Crippen LogP contribution in [-0.4, -0.2) is 6.54 Å². The number of hydrogen-bond acceptors (Lipinski definition) is 1. The standard InChI is InChI=1S/C16H29N/c1-12(2)14-10-16(8-6-5-7-9-16)11-17-15(14)13(3)4/h12-13,17H,5-11H2,1-4H3. The molecule has 1 heterocycles. The summed E-state index contributed by atoms with van der Waals surface area (Å²) in [5.41, 5.74) is 3.88. The molecule has 1 aliphatic carbocycles. The lowest BCUT2D eigenvalue weighted by molar-refractivity contribution is 0.166. The van der Waals surface area contributed by atoms with Crippen LogP contribution in [0, 0.1) is 17.3 Å². The number of hydrogen-bond donors (Lipinski definition) is 1. The van der Waals surface area contributed by atoms with Crippen molar-refractivity contribution in [1.82, 2.24) is 5.32 Å². The zero-order valence-corrected chi connectivity index (χ0v) is 12.1. The van der Waals surface area contributed by atoms with Gasteiger partial charge in [-0.3, -0.25) is 0 Å². The molecule has 2 aliphatic rings. The van der Waals surface area contributed by atoms with E-state index in [9.17, 15) is 0 Å². The van der Waals surface area contributed by atoms with Crippen molar-refractivity contribution in [3.63, 3.8) is 0 Å². The Morgan fingerprint density at radius 3 is 2.12 bits per heavy atom. The molecule has 0 aromatic carbocycles. The molecule has 1 aliphatic heterocycles. The highest BCUT2D eigenvalue weighted by atomic mass is 14.9. The highest BCUT2D eigenvalue weighted by Gasteiger charge is 2.37. The molecule has 98 valence electrons. The van der Waals surface area contributed by atoms with E-state index in [0.717, 1.165) is 0 Å². The van der Waals surface area contributed by atoms with Crippen LogP contribution in [0.3, 0.4) is 0 Å². The third-order valence-electron chi connectivity index (χ3n) is 4.75. The molecule has 0 amide bonds. The number of allylic oxidation sites excluding steroid dienone is 2. The maximum atomic E-state index is 3.79. The quantitative estimate of drug-likeness (QED) is 0.743. The van der Waals surface area contributed by atoms with E-state index in [1.807, 2.05) is 0 Å². The molecule has 1 nitrogen and oxygen atoms in total. The monoisotopic (exact) mass is 235 g/mol. The van der Waals surface area contributed by atoms with Crippen molar-refractivity contribution >= 4 is 0 Å². The topological polar surface area (TPSA) is 12.0 Å². The largest absolute Gasteiger partial charge is 0.388 e.